The number of carbonyl (C=O) groups is 2. The van der Waals surface area contributed by atoms with Crippen LogP contribution in [-0.2, 0) is 16.0 Å². The fourth-order valence-corrected chi connectivity index (χ4v) is 5.13. The molecule has 2 heterocycles. The predicted molar refractivity (Wildman–Crippen MR) is 146 cm³/mol. The van der Waals surface area contributed by atoms with Gasteiger partial charge in [0.15, 0.2) is 0 Å². The lowest BCUT2D eigenvalue weighted by molar-refractivity contribution is -0.139. The first-order chi connectivity index (χ1) is 17.4. The number of aliphatic hydroxyl groups is 1. The number of aromatic amines is 1. The number of nitrogens with zero attached hydrogens (tertiary/aromatic N) is 1. The van der Waals surface area contributed by atoms with Gasteiger partial charge in [-0.05, 0) is 60.0 Å². The van der Waals surface area contributed by atoms with Crippen molar-refractivity contribution in [1.82, 2.24) is 9.88 Å². The number of Topliss-reactive ketones (excluding diaryl/α,β-unsaturated/α-hetero) is 1. The van der Waals surface area contributed by atoms with Crippen molar-refractivity contribution in [3.05, 3.63) is 104 Å². The summed E-state index contributed by atoms with van der Waals surface area (Å²) in [6.45, 7) is 0.298. The lowest BCUT2D eigenvalue weighted by atomic mass is 9.95. The number of fused-ring (bicyclic) bond motifs is 1. The number of aliphatic hydroxyl groups excluding tert-OH is 1. The van der Waals surface area contributed by atoms with Crippen LogP contribution in [-0.4, -0.2) is 40.3 Å². The van der Waals surface area contributed by atoms with E-state index in [9.17, 15) is 14.7 Å². The number of methoxy groups -OCH3 is 1. The van der Waals surface area contributed by atoms with Gasteiger partial charge >= 0.3 is 0 Å². The van der Waals surface area contributed by atoms with Crippen LogP contribution in [0.2, 0.25) is 0 Å². The van der Waals surface area contributed by atoms with Crippen molar-refractivity contribution in [1.29, 1.82) is 0 Å². The molecule has 0 unspecified atom stereocenters. The second-order valence-corrected chi connectivity index (χ2v) is 10.4. The number of hydrogen-bond acceptors (Lipinski definition) is 4. The first-order valence-electron chi connectivity index (χ1n) is 11.3. The van der Waals surface area contributed by atoms with Crippen molar-refractivity contribution in [2.75, 3.05) is 13.7 Å². The van der Waals surface area contributed by atoms with Gasteiger partial charge < -0.3 is 19.7 Å². The second-order valence-electron chi connectivity index (χ2n) is 8.53. The molecule has 2 N–H and O–H groups in total. The number of hydrogen-bond donors (Lipinski definition) is 2. The van der Waals surface area contributed by atoms with E-state index in [1.807, 2.05) is 48.7 Å². The molecule has 1 aromatic heterocycles. The monoisotopic (exact) mass is 608 g/mol. The van der Waals surface area contributed by atoms with Crippen molar-refractivity contribution in [3.8, 4) is 5.75 Å². The fraction of sp³-hybridized carbons (Fsp3) is 0.143. The number of rotatable bonds is 6. The van der Waals surface area contributed by atoms with E-state index in [2.05, 4.69) is 36.8 Å². The van der Waals surface area contributed by atoms with Crippen molar-refractivity contribution in [2.24, 2.45) is 0 Å². The second kappa shape index (κ2) is 9.95. The highest BCUT2D eigenvalue weighted by Gasteiger charge is 2.45. The third-order valence-electron chi connectivity index (χ3n) is 6.44. The maximum Gasteiger partial charge on any atom is 0.295 e. The first kappa shape index (κ1) is 24.3. The minimum Gasteiger partial charge on any atom is -0.507 e. The molecule has 0 aliphatic carbocycles. The Balaban J connectivity index is 1.55. The van der Waals surface area contributed by atoms with Crippen LogP contribution in [0.25, 0.3) is 16.7 Å². The van der Waals surface area contributed by atoms with Crippen LogP contribution in [0.1, 0.15) is 22.7 Å². The van der Waals surface area contributed by atoms with E-state index in [-0.39, 0.29) is 11.3 Å². The van der Waals surface area contributed by atoms with Crippen molar-refractivity contribution >= 4 is 60.2 Å². The summed E-state index contributed by atoms with van der Waals surface area (Å²) in [6, 6.07) is 19.5. The Morgan fingerprint density at radius 2 is 1.67 bits per heavy atom. The van der Waals surface area contributed by atoms with Gasteiger partial charge in [-0.15, -0.1) is 0 Å². The third kappa shape index (κ3) is 4.47. The van der Waals surface area contributed by atoms with Gasteiger partial charge in [-0.25, -0.2) is 0 Å². The Labute approximate surface area is 224 Å². The maximum absolute atomic E-state index is 13.3. The molecule has 3 aromatic carbocycles. The molecule has 8 heteroatoms. The summed E-state index contributed by atoms with van der Waals surface area (Å²) in [7, 11) is 1.62. The zero-order chi connectivity index (χ0) is 25.4. The van der Waals surface area contributed by atoms with E-state index in [0.29, 0.717) is 18.5 Å². The standard InChI is InChI=1S/C28H22Br2N2O4/c1-36-21-10-11-23-22(14-21)18(15-31-23)12-13-32-25(16-2-6-19(29)7-3-16)24(27(34)28(32)35)26(33)17-4-8-20(30)9-5-17/h2-11,14-15,25,31,33H,12-13H2,1H3/t25-/m1/s1. The molecule has 1 saturated heterocycles. The number of carbonyl (C=O) groups excluding carboxylic acids is 2. The Kier molecular flexibility index (Phi) is 6.73. The number of halogens is 2. The van der Waals surface area contributed by atoms with Gasteiger partial charge in [-0.1, -0.05) is 56.1 Å². The van der Waals surface area contributed by atoms with Crippen molar-refractivity contribution in [3.63, 3.8) is 0 Å². The number of benzene rings is 3. The lowest BCUT2D eigenvalue weighted by Crippen LogP contribution is -2.31. The average Bonchev–Trinajstić information content (AvgIpc) is 3.40. The Morgan fingerprint density at radius 1 is 1.00 bits per heavy atom. The molecule has 0 radical (unpaired) electrons. The molecule has 0 spiro atoms. The number of ketones is 1. The van der Waals surface area contributed by atoms with E-state index >= 15 is 0 Å². The van der Waals surface area contributed by atoms with Gasteiger partial charge in [-0.3, -0.25) is 9.59 Å². The molecular weight excluding hydrogens is 588 g/mol. The van der Waals surface area contributed by atoms with E-state index in [1.165, 1.54) is 0 Å². The van der Waals surface area contributed by atoms with Gasteiger partial charge in [-0.2, -0.15) is 0 Å². The van der Waals surface area contributed by atoms with Crippen LogP contribution in [0.5, 0.6) is 5.75 Å². The molecule has 0 saturated carbocycles. The van der Waals surface area contributed by atoms with E-state index < -0.39 is 17.7 Å². The van der Waals surface area contributed by atoms with Gasteiger partial charge in [0.05, 0.1) is 18.7 Å². The van der Waals surface area contributed by atoms with Crippen LogP contribution in [0, 0.1) is 0 Å². The van der Waals surface area contributed by atoms with Crippen LogP contribution in [0.4, 0.5) is 0 Å². The molecule has 36 heavy (non-hydrogen) atoms. The molecule has 1 aliphatic heterocycles. The molecule has 5 rings (SSSR count). The third-order valence-corrected chi connectivity index (χ3v) is 7.50. The largest absolute Gasteiger partial charge is 0.507 e. The van der Waals surface area contributed by atoms with Crippen LogP contribution in [0.15, 0.2) is 87.4 Å². The first-order valence-corrected chi connectivity index (χ1v) is 12.9. The summed E-state index contributed by atoms with van der Waals surface area (Å²) in [4.78, 5) is 31.3. The lowest BCUT2D eigenvalue weighted by Gasteiger charge is -2.25. The summed E-state index contributed by atoms with van der Waals surface area (Å²) in [5, 5.41) is 12.2. The summed E-state index contributed by atoms with van der Waals surface area (Å²) in [6.07, 6.45) is 2.43. The predicted octanol–water partition coefficient (Wildman–Crippen LogP) is 6.37. The van der Waals surface area contributed by atoms with Crippen LogP contribution in [0.3, 0.4) is 0 Å². The highest BCUT2D eigenvalue weighted by Crippen LogP contribution is 2.40. The van der Waals surface area contributed by atoms with Crippen LogP contribution < -0.4 is 4.74 Å². The van der Waals surface area contributed by atoms with Gasteiger partial charge in [0.1, 0.15) is 11.5 Å². The molecule has 0 bridgehead atoms. The van der Waals surface area contributed by atoms with Crippen LogP contribution >= 0.6 is 31.9 Å². The van der Waals surface area contributed by atoms with Crippen molar-refractivity contribution < 1.29 is 19.4 Å². The van der Waals surface area contributed by atoms with E-state index in [4.69, 9.17) is 4.74 Å². The number of likely N-dealkylation sites (tertiary alicyclic amines) is 1. The number of ether oxygens (including phenoxy) is 1. The van der Waals surface area contributed by atoms with Gasteiger partial charge in [0.25, 0.3) is 11.7 Å². The smallest absolute Gasteiger partial charge is 0.295 e. The normalized spacial score (nSPS) is 17.2. The fourth-order valence-electron chi connectivity index (χ4n) is 4.60. The topological polar surface area (TPSA) is 82.6 Å². The van der Waals surface area contributed by atoms with Gasteiger partial charge in [0, 0.05) is 38.2 Å². The molecule has 1 fully saturated rings. The highest BCUT2D eigenvalue weighted by atomic mass is 79.9. The SMILES string of the molecule is COc1ccc2[nH]cc(CCN3C(=O)C(=O)C(=C(O)c4ccc(Br)cc4)[C@H]3c3ccc(Br)cc3)c2c1. The Bertz CT molecular complexity index is 1490. The molecule has 1 aliphatic rings. The number of aromatic nitrogens is 1. The summed E-state index contributed by atoms with van der Waals surface area (Å²) < 4.78 is 7.09. The zero-order valence-electron chi connectivity index (χ0n) is 19.3. The van der Waals surface area contributed by atoms with E-state index in [0.717, 1.165) is 36.7 Å². The zero-order valence-corrected chi connectivity index (χ0v) is 22.5. The maximum atomic E-state index is 13.3. The molecule has 182 valence electrons. The molecular formula is C28H22Br2N2O4. The number of nitrogens with one attached hydrogen (secondary N) is 1. The summed E-state index contributed by atoms with van der Waals surface area (Å²) in [5.41, 5.74) is 3.28. The minimum atomic E-state index is -0.707. The van der Waals surface area contributed by atoms with Gasteiger partial charge in [0.2, 0.25) is 0 Å². The van der Waals surface area contributed by atoms with E-state index in [1.54, 1.807) is 36.3 Å². The molecule has 1 atom stereocenters. The molecule has 1 amide bonds. The Morgan fingerprint density at radius 3 is 2.33 bits per heavy atom. The number of amides is 1. The average molecular weight is 610 g/mol. The van der Waals surface area contributed by atoms with Crippen molar-refractivity contribution in [2.45, 2.75) is 12.5 Å². The highest BCUT2D eigenvalue weighted by molar-refractivity contribution is 9.10. The minimum absolute atomic E-state index is 0.0882. The Hall–Kier alpha value is -3.36. The number of H-pyrrole nitrogens is 1. The molecule has 4 aromatic rings. The quantitative estimate of drug-likeness (QED) is 0.151. The summed E-state index contributed by atoms with van der Waals surface area (Å²) >= 11 is 6.83. The molecule has 6 nitrogen and oxygen atoms in total. The summed E-state index contributed by atoms with van der Waals surface area (Å²) in [5.74, 6) is -0.760.